The largest absolute Gasteiger partial charge is 0.295 e. The van der Waals surface area contributed by atoms with E-state index in [0.717, 1.165) is 19.3 Å². The molecule has 0 aromatic heterocycles. The van der Waals surface area contributed by atoms with Gasteiger partial charge in [-0.1, -0.05) is 32.1 Å². The maximum Gasteiger partial charge on any atom is 0.155 e. The number of carbonyl (C=O) groups is 1. The van der Waals surface area contributed by atoms with E-state index in [1.54, 1.807) is 0 Å². The Labute approximate surface area is 99.6 Å². The van der Waals surface area contributed by atoms with Gasteiger partial charge in [-0.3, -0.25) is 4.79 Å². The van der Waals surface area contributed by atoms with Gasteiger partial charge in [-0.2, -0.15) is 0 Å². The van der Waals surface area contributed by atoms with Crippen molar-refractivity contribution in [1.29, 1.82) is 0 Å². The summed E-state index contributed by atoms with van der Waals surface area (Å²) in [6, 6.07) is 0. The lowest BCUT2D eigenvalue weighted by atomic mass is 9.62. The van der Waals surface area contributed by atoms with E-state index in [2.05, 4.69) is 20.4 Å². The van der Waals surface area contributed by atoms with Crippen molar-refractivity contribution in [2.45, 2.75) is 53.4 Å². The highest BCUT2D eigenvalue weighted by molar-refractivity contribution is 5.91. The average molecular weight is 220 g/mol. The predicted octanol–water partition coefficient (Wildman–Crippen LogP) is 4.29. The third-order valence-electron chi connectivity index (χ3n) is 4.24. The van der Waals surface area contributed by atoms with Gasteiger partial charge in [-0.05, 0) is 50.0 Å². The lowest BCUT2D eigenvalue weighted by Crippen LogP contribution is -2.31. The first-order valence-electron chi connectivity index (χ1n) is 5.90. The van der Waals surface area contributed by atoms with Crippen LogP contribution in [0.25, 0.3) is 0 Å². The van der Waals surface area contributed by atoms with Crippen molar-refractivity contribution in [3.8, 4) is 0 Å². The van der Waals surface area contributed by atoms with E-state index >= 15 is 0 Å². The Morgan fingerprint density at radius 1 is 1.50 bits per heavy atom. The van der Waals surface area contributed by atoms with Gasteiger partial charge in [0.1, 0.15) is 0 Å². The number of allylic oxidation sites excluding steroid dienone is 3. The number of carbonyl (C=O) groups excluding carboxylic acids is 1. The summed E-state index contributed by atoms with van der Waals surface area (Å²) in [7, 11) is 0. The van der Waals surface area contributed by atoms with Gasteiger partial charge in [-0.15, -0.1) is 0 Å². The molecular formula is C15H24O. The molecule has 2 rings (SSSR count). The Hall–Kier alpha value is -0.850. The van der Waals surface area contributed by atoms with Crippen LogP contribution in [0.1, 0.15) is 53.4 Å². The third-order valence-corrected chi connectivity index (χ3v) is 4.24. The van der Waals surface area contributed by atoms with Crippen molar-refractivity contribution in [1.82, 2.24) is 0 Å². The van der Waals surface area contributed by atoms with Crippen LogP contribution in [0.15, 0.2) is 23.8 Å². The molecule has 90 valence electrons. The summed E-state index contributed by atoms with van der Waals surface area (Å²) in [4.78, 5) is 11.4. The number of hydrogen-bond acceptors (Lipinski definition) is 1. The minimum atomic E-state index is 0. The molecule has 1 nitrogen and oxygen atoms in total. The maximum atomic E-state index is 11.4. The summed E-state index contributed by atoms with van der Waals surface area (Å²) in [5, 5.41) is 0. The average Bonchev–Trinajstić information content (AvgIpc) is 2.18. The van der Waals surface area contributed by atoms with Crippen molar-refractivity contribution < 1.29 is 4.79 Å². The highest BCUT2D eigenvalue weighted by atomic mass is 16.1. The molecule has 16 heavy (non-hydrogen) atoms. The van der Waals surface area contributed by atoms with Crippen LogP contribution in [0.5, 0.6) is 0 Å². The van der Waals surface area contributed by atoms with Gasteiger partial charge in [0.15, 0.2) is 5.78 Å². The number of fused-ring (bicyclic) bond motifs is 1. The van der Waals surface area contributed by atoms with Gasteiger partial charge in [0.25, 0.3) is 0 Å². The van der Waals surface area contributed by atoms with E-state index in [-0.39, 0.29) is 7.43 Å². The number of rotatable bonds is 1. The van der Waals surface area contributed by atoms with Crippen molar-refractivity contribution >= 4 is 5.78 Å². The van der Waals surface area contributed by atoms with Crippen molar-refractivity contribution in [2.24, 2.45) is 11.3 Å². The Balaban J connectivity index is 0.00000128. The van der Waals surface area contributed by atoms with Gasteiger partial charge in [0.2, 0.25) is 0 Å². The SMILES string of the molecule is C.C=C(C)[C@@H]1CC[C@@]2(C)CCC(=O)C=C2C1. The minimum absolute atomic E-state index is 0. The molecule has 2 aliphatic carbocycles. The van der Waals surface area contributed by atoms with E-state index in [4.69, 9.17) is 0 Å². The summed E-state index contributed by atoms with van der Waals surface area (Å²) < 4.78 is 0. The quantitative estimate of drug-likeness (QED) is 0.602. The molecule has 0 heterocycles. The second kappa shape index (κ2) is 4.57. The molecule has 1 saturated carbocycles. The van der Waals surface area contributed by atoms with E-state index < -0.39 is 0 Å². The van der Waals surface area contributed by atoms with Crippen LogP contribution in [-0.2, 0) is 4.79 Å². The molecule has 0 unspecified atom stereocenters. The Morgan fingerprint density at radius 3 is 2.81 bits per heavy atom. The molecule has 1 fully saturated rings. The second-order valence-electron chi connectivity index (χ2n) is 5.48. The molecule has 0 radical (unpaired) electrons. The Kier molecular flexibility index (Phi) is 3.77. The van der Waals surface area contributed by atoms with Gasteiger partial charge < -0.3 is 0 Å². The molecule has 0 aromatic rings. The van der Waals surface area contributed by atoms with E-state index in [0.29, 0.717) is 17.1 Å². The molecule has 2 atom stereocenters. The van der Waals surface area contributed by atoms with Crippen molar-refractivity contribution in [3.05, 3.63) is 23.8 Å². The van der Waals surface area contributed by atoms with E-state index in [1.165, 1.54) is 24.0 Å². The molecular weight excluding hydrogens is 196 g/mol. The monoisotopic (exact) mass is 220 g/mol. The van der Waals surface area contributed by atoms with Crippen LogP contribution >= 0.6 is 0 Å². The maximum absolute atomic E-state index is 11.4. The van der Waals surface area contributed by atoms with Crippen molar-refractivity contribution in [3.63, 3.8) is 0 Å². The smallest absolute Gasteiger partial charge is 0.155 e. The highest BCUT2D eigenvalue weighted by Gasteiger charge is 2.38. The molecule has 0 aromatic carbocycles. The van der Waals surface area contributed by atoms with Crippen LogP contribution in [0.3, 0.4) is 0 Å². The lowest BCUT2D eigenvalue weighted by Gasteiger charge is -2.42. The number of ketones is 1. The van der Waals surface area contributed by atoms with Gasteiger partial charge in [0.05, 0.1) is 0 Å². The summed E-state index contributed by atoms with van der Waals surface area (Å²) in [6.07, 6.45) is 7.26. The van der Waals surface area contributed by atoms with Gasteiger partial charge >= 0.3 is 0 Å². The standard InChI is InChI=1S/C14H20O.CH4/c1-10(2)11-4-6-14(3)7-5-13(15)9-12(14)8-11;/h9,11H,1,4-8H2,2-3H3;1H4/t11-,14+;/m1./s1. The highest BCUT2D eigenvalue weighted by Crippen LogP contribution is 2.49. The molecule has 2 aliphatic rings. The fraction of sp³-hybridized carbons (Fsp3) is 0.667. The lowest BCUT2D eigenvalue weighted by molar-refractivity contribution is -0.115. The summed E-state index contributed by atoms with van der Waals surface area (Å²) in [5.74, 6) is 0.931. The molecule has 0 N–H and O–H groups in total. The molecule has 0 spiro atoms. The normalized spacial score (nSPS) is 33.5. The Morgan fingerprint density at radius 2 is 2.19 bits per heavy atom. The molecule has 0 saturated heterocycles. The first-order valence-corrected chi connectivity index (χ1v) is 5.90. The minimum Gasteiger partial charge on any atom is -0.295 e. The molecule has 0 aliphatic heterocycles. The first kappa shape index (κ1) is 13.2. The topological polar surface area (TPSA) is 17.1 Å². The molecule has 0 bridgehead atoms. The number of hydrogen-bond donors (Lipinski definition) is 0. The summed E-state index contributed by atoms with van der Waals surface area (Å²) >= 11 is 0. The molecule has 0 amide bonds. The van der Waals surface area contributed by atoms with Crippen LogP contribution in [0.4, 0.5) is 0 Å². The third kappa shape index (κ3) is 2.28. The fourth-order valence-corrected chi connectivity index (χ4v) is 2.87. The summed E-state index contributed by atoms with van der Waals surface area (Å²) in [6.45, 7) is 8.48. The zero-order chi connectivity index (χ0) is 11.1. The molecule has 1 heteroatoms. The van der Waals surface area contributed by atoms with Crippen LogP contribution in [-0.4, -0.2) is 5.78 Å². The zero-order valence-corrected chi connectivity index (χ0v) is 9.81. The van der Waals surface area contributed by atoms with Crippen molar-refractivity contribution in [2.75, 3.05) is 0 Å². The van der Waals surface area contributed by atoms with Crippen LogP contribution < -0.4 is 0 Å². The van der Waals surface area contributed by atoms with E-state index in [1.807, 2.05) is 6.08 Å². The fourth-order valence-electron chi connectivity index (χ4n) is 2.87. The van der Waals surface area contributed by atoms with Crippen LogP contribution in [0, 0.1) is 11.3 Å². The Bertz CT molecular complexity index is 337. The predicted molar refractivity (Wildman–Crippen MR) is 69.3 cm³/mol. The van der Waals surface area contributed by atoms with Gasteiger partial charge in [0, 0.05) is 6.42 Å². The van der Waals surface area contributed by atoms with E-state index in [9.17, 15) is 4.79 Å². The second-order valence-corrected chi connectivity index (χ2v) is 5.48. The van der Waals surface area contributed by atoms with Crippen LogP contribution in [0.2, 0.25) is 0 Å². The first-order chi connectivity index (χ1) is 7.01. The summed E-state index contributed by atoms with van der Waals surface area (Å²) in [5.41, 5.74) is 2.98. The van der Waals surface area contributed by atoms with Gasteiger partial charge in [-0.25, -0.2) is 0 Å². The zero-order valence-electron chi connectivity index (χ0n) is 9.81.